The number of hydrogen-bond donors (Lipinski definition) is 0. The summed E-state index contributed by atoms with van der Waals surface area (Å²) >= 11 is 2.16. The smallest absolute Gasteiger partial charge is 0.333 e. The van der Waals surface area contributed by atoms with Gasteiger partial charge in [-0.2, -0.15) is 9.97 Å². The molecule has 1 aromatic carbocycles. The molecular weight excluding hydrogens is 365 g/mol. The molecular formula is C15H14IN3O. The Morgan fingerprint density at radius 3 is 2.70 bits per heavy atom. The standard InChI is InChI=1S/C15H14IN3O/c1-12-11-14(18-15(17-12)20-10-6-9-16)19(2)13-7-4-3-5-8-13/h3-5,7-8,11H,9H2,1-2H3. The molecule has 0 bridgehead atoms. The summed E-state index contributed by atoms with van der Waals surface area (Å²) in [7, 11) is 1.96. The Hall–Kier alpha value is -1.81. The number of aryl methyl sites for hydroxylation is 1. The van der Waals surface area contributed by atoms with Crippen molar-refractivity contribution in [3.05, 3.63) is 42.1 Å². The third kappa shape index (κ3) is 3.84. The number of hydrogen-bond acceptors (Lipinski definition) is 4. The van der Waals surface area contributed by atoms with E-state index in [0.717, 1.165) is 17.2 Å². The molecule has 2 aromatic rings. The summed E-state index contributed by atoms with van der Waals surface area (Å²) < 4.78 is 5.95. The molecule has 1 aromatic heterocycles. The first-order chi connectivity index (χ1) is 9.70. The van der Waals surface area contributed by atoms with Crippen molar-refractivity contribution in [3.63, 3.8) is 0 Å². The predicted octanol–water partition coefficient (Wildman–Crippen LogP) is 3.33. The topological polar surface area (TPSA) is 38.2 Å². The molecule has 0 aliphatic heterocycles. The van der Waals surface area contributed by atoms with Crippen LogP contribution in [-0.2, 0) is 0 Å². The molecule has 0 unspecified atom stereocenters. The molecule has 0 N–H and O–H groups in total. The minimum absolute atomic E-state index is 0.278. The predicted molar refractivity (Wildman–Crippen MR) is 88.6 cm³/mol. The van der Waals surface area contributed by atoms with Gasteiger partial charge in [0.15, 0.2) is 0 Å². The number of anilines is 2. The van der Waals surface area contributed by atoms with Crippen LogP contribution in [0, 0.1) is 19.0 Å². The van der Waals surface area contributed by atoms with E-state index in [1.54, 1.807) is 0 Å². The van der Waals surface area contributed by atoms with Gasteiger partial charge in [0.2, 0.25) is 0 Å². The van der Waals surface area contributed by atoms with E-state index in [0.29, 0.717) is 4.43 Å². The molecule has 1 heterocycles. The lowest BCUT2D eigenvalue weighted by Crippen LogP contribution is -2.12. The zero-order valence-corrected chi connectivity index (χ0v) is 13.5. The second-order valence-electron chi connectivity index (χ2n) is 4.06. The molecule has 5 heteroatoms. The fraction of sp³-hybridized carbons (Fsp3) is 0.200. The third-order valence-corrected chi connectivity index (χ3v) is 2.97. The number of para-hydroxylation sites is 1. The molecule has 4 nitrogen and oxygen atoms in total. The van der Waals surface area contributed by atoms with Gasteiger partial charge in [-0.25, -0.2) is 0 Å². The second-order valence-corrected chi connectivity index (χ2v) is 4.82. The summed E-state index contributed by atoms with van der Waals surface area (Å²) in [6.45, 7) is 1.91. The van der Waals surface area contributed by atoms with Crippen molar-refractivity contribution < 1.29 is 4.74 Å². The molecule has 102 valence electrons. The van der Waals surface area contributed by atoms with Gasteiger partial charge in [0.1, 0.15) is 11.9 Å². The molecule has 0 aliphatic rings. The first-order valence-corrected chi connectivity index (χ1v) is 7.58. The summed E-state index contributed by atoms with van der Waals surface area (Å²) in [4.78, 5) is 10.6. The van der Waals surface area contributed by atoms with Gasteiger partial charge >= 0.3 is 6.01 Å². The Morgan fingerprint density at radius 1 is 1.25 bits per heavy atom. The van der Waals surface area contributed by atoms with Gasteiger partial charge in [-0.15, -0.1) is 0 Å². The maximum Gasteiger partial charge on any atom is 0.333 e. The molecule has 0 radical (unpaired) electrons. The Balaban J connectivity index is 2.27. The molecule has 0 fully saturated rings. The molecule has 0 saturated carbocycles. The summed E-state index contributed by atoms with van der Waals surface area (Å²) in [6.07, 6.45) is 2.58. The average Bonchev–Trinajstić information content (AvgIpc) is 2.47. The maximum atomic E-state index is 5.24. The Labute approximate surface area is 132 Å². The SMILES string of the molecule is Cc1cc(N(C)c2ccccc2)nc(OC#CCI)n1. The lowest BCUT2D eigenvalue weighted by atomic mass is 10.3. The quantitative estimate of drug-likeness (QED) is 0.466. The van der Waals surface area contributed by atoms with Crippen LogP contribution in [0.5, 0.6) is 6.01 Å². The van der Waals surface area contributed by atoms with E-state index in [1.807, 2.05) is 55.3 Å². The Morgan fingerprint density at radius 2 is 2.00 bits per heavy atom. The van der Waals surface area contributed by atoms with Crippen LogP contribution in [0.15, 0.2) is 36.4 Å². The van der Waals surface area contributed by atoms with E-state index in [2.05, 4.69) is 44.6 Å². The van der Waals surface area contributed by atoms with Crippen LogP contribution in [0.2, 0.25) is 0 Å². The number of ether oxygens (including phenoxy) is 1. The molecule has 0 atom stereocenters. The third-order valence-electron chi connectivity index (χ3n) is 2.59. The van der Waals surface area contributed by atoms with Crippen molar-refractivity contribution in [1.82, 2.24) is 9.97 Å². The van der Waals surface area contributed by atoms with E-state index in [-0.39, 0.29) is 6.01 Å². The van der Waals surface area contributed by atoms with Gasteiger partial charge in [-0.3, -0.25) is 0 Å². The number of alkyl halides is 1. The van der Waals surface area contributed by atoms with Crippen LogP contribution >= 0.6 is 22.6 Å². The Bertz CT molecular complexity index is 635. The van der Waals surface area contributed by atoms with Gasteiger partial charge in [0.25, 0.3) is 0 Å². The van der Waals surface area contributed by atoms with Gasteiger partial charge < -0.3 is 9.64 Å². The van der Waals surface area contributed by atoms with Crippen LogP contribution in [0.3, 0.4) is 0 Å². The number of halogens is 1. The minimum atomic E-state index is 0.278. The largest absolute Gasteiger partial charge is 0.370 e. The van der Waals surface area contributed by atoms with Crippen LogP contribution < -0.4 is 9.64 Å². The molecule has 20 heavy (non-hydrogen) atoms. The van der Waals surface area contributed by atoms with Crippen molar-refractivity contribution >= 4 is 34.1 Å². The highest BCUT2D eigenvalue weighted by atomic mass is 127. The highest BCUT2D eigenvalue weighted by molar-refractivity contribution is 14.1. The van der Waals surface area contributed by atoms with Crippen molar-refractivity contribution in [2.24, 2.45) is 0 Å². The summed E-state index contributed by atoms with van der Waals surface area (Å²) in [5.74, 6) is 3.59. The van der Waals surface area contributed by atoms with E-state index in [4.69, 9.17) is 4.74 Å². The molecule has 0 amide bonds. The summed E-state index contributed by atoms with van der Waals surface area (Å²) in [6, 6.07) is 12.2. The lowest BCUT2D eigenvalue weighted by Gasteiger charge is -2.18. The van der Waals surface area contributed by atoms with Gasteiger partial charge in [0, 0.05) is 24.5 Å². The van der Waals surface area contributed by atoms with Crippen LogP contribution in [-0.4, -0.2) is 21.4 Å². The molecule has 0 aliphatic carbocycles. The zero-order chi connectivity index (χ0) is 14.4. The average molecular weight is 379 g/mol. The summed E-state index contributed by atoms with van der Waals surface area (Å²) in [5.41, 5.74) is 1.89. The van der Waals surface area contributed by atoms with Crippen molar-refractivity contribution in [3.8, 4) is 18.0 Å². The van der Waals surface area contributed by atoms with E-state index >= 15 is 0 Å². The normalized spacial score (nSPS) is 9.55. The summed E-state index contributed by atoms with van der Waals surface area (Å²) in [5, 5.41) is 0. The number of aromatic nitrogens is 2. The maximum absolute atomic E-state index is 5.24. The van der Waals surface area contributed by atoms with Crippen LogP contribution in [0.1, 0.15) is 5.69 Å². The van der Waals surface area contributed by atoms with Crippen molar-refractivity contribution in [2.45, 2.75) is 6.92 Å². The van der Waals surface area contributed by atoms with Gasteiger partial charge in [-0.05, 0) is 25.0 Å². The van der Waals surface area contributed by atoms with Crippen LogP contribution in [0.25, 0.3) is 0 Å². The number of nitrogens with zero attached hydrogens (tertiary/aromatic N) is 3. The fourth-order valence-electron chi connectivity index (χ4n) is 1.64. The van der Waals surface area contributed by atoms with E-state index in [9.17, 15) is 0 Å². The number of benzene rings is 1. The van der Waals surface area contributed by atoms with Crippen molar-refractivity contribution in [2.75, 3.05) is 16.4 Å². The second kappa shape index (κ2) is 7.10. The van der Waals surface area contributed by atoms with Crippen molar-refractivity contribution in [1.29, 1.82) is 0 Å². The highest BCUT2D eigenvalue weighted by Crippen LogP contribution is 2.23. The minimum Gasteiger partial charge on any atom is -0.370 e. The highest BCUT2D eigenvalue weighted by Gasteiger charge is 2.08. The van der Waals surface area contributed by atoms with E-state index < -0.39 is 0 Å². The molecule has 0 spiro atoms. The molecule has 0 saturated heterocycles. The number of rotatable bonds is 3. The monoisotopic (exact) mass is 379 g/mol. The zero-order valence-electron chi connectivity index (χ0n) is 11.3. The molecule has 2 rings (SSSR count). The van der Waals surface area contributed by atoms with Gasteiger partial charge in [0.05, 0.1) is 4.43 Å². The fourth-order valence-corrected chi connectivity index (χ4v) is 1.79. The van der Waals surface area contributed by atoms with Crippen LogP contribution in [0.4, 0.5) is 11.5 Å². The Kier molecular flexibility index (Phi) is 5.18. The first-order valence-electron chi connectivity index (χ1n) is 6.06. The van der Waals surface area contributed by atoms with Gasteiger partial charge in [-0.1, -0.05) is 40.8 Å². The first kappa shape index (κ1) is 14.6. The lowest BCUT2D eigenvalue weighted by molar-refractivity contribution is 0.472. The van der Waals surface area contributed by atoms with E-state index in [1.165, 1.54) is 0 Å².